The number of nitrogens with zero attached hydrogens (tertiary/aromatic N) is 4. The molecule has 6 nitrogen and oxygen atoms in total. The first-order valence-electron chi connectivity index (χ1n) is 11.2. The summed E-state index contributed by atoms with van der Waals surface area (Å²) in [6.07, 6.45) is 7.26. The van der Waals surface area contributed by atoms with Crippen molar-refractivity contribution in [3.8, 4) is 0 Å². The average molecular weight is 465 g/mol. The number of halogens is 1. The second kappa shape index (κ2) is 10.2. The minimum absolute atomic E-state index is 0.0464. The molecule has 2 aliphatic rings. The number of hydrogen-bond acceptors (Lipinski definition) is 5. The van der Waals surface area contributed by atoms with Gasteiger partial charge in [-0.15, -0.1) is 0 Å². The third-order valence-corrected chi connectivity index (χ3v) is 7.83. The van der Waals surface area contributed by atoms with Crippen LogP contribution in [0.3, 0.4) is 0 Å². The predicted octanol–water partition coefficient (Wildman–Crippen LogP) is 3.49. The van der Waals surface area contributed by atoms with Crippen molar-refractivity contribution in [3.63, 3.8) is 0 Å². The highest BCUT2D eigenvalue weighted by Crippen LogP contribution is 2.35. The Balaban J connectivity index is 1.43. The summed E-state index contributed by atoms with van der Waals surface area (Å²) in [6, 6.07) is 9.00. The molecule has 0 spiro atoms. The number of aromatic nitrogens is 3. The van der Waals surface area contributed by atoms with Crippen LogP contribution in [-0.2, 0) is 29.4 Å². The van der Waals surface area contributed by atoms with Crippen molar-refractivity contribution in [2.75, 3.05) is 25.2 Å². The molecule has 1 saturated carbocycles. The highest BCUT2D eigenvalue weighted by Gasteiger charge is 2.37. The average Bonchev–Trinajstić information content (AvgIpc) is 3.09. The van der Waals surface area contributed by atoms with Gasteiger partial charge in [0.25, 0.3) is 0 Å². The van der Waals surface area contributed by atoms with Gasteiger partial charge in [-0.25, -0.2) is 4.98 Å². The van der Waals surface area contributed by atoms with Gasteiger partial charge in [-0.05, 0) is 56.7 Å². The molecule has 0 amide bonds. The lowest BCUT2D eigenvalue weighted by Crippen LogP contribution is -2.56. The maximum Gasteiger partial charge on any atom is 0.153 e. The highest BCUT2D eigenvalue weighted by molar-refractivity contribution is 7.90. The van der Waals surface area contributed by atoms with Crippen LogP contribution in [0.5, 0.6) is 0 Å². The van der Waals surface area contributed by atoms with Crippen LogP contribution in [0, 0.1) is 6.92 Å². The van der Waals surface area contributed by atoms with Gasteiger partial charge in [0.1, 0.15) is 17.7 Å². The van der Waals surface area contributed by atoms with E-state index in [-0.39, 0.29) is 6.10 Å². The van der Waals surface area contributed by atoms with Crippen molar-refractivity contribution in [1.29, 1.82) is 0 Å². The Labute approximate surface area is 193 Å². The number of benzene rings is 1. The zero-order valence-electron chi connectivity index (χ0n) is 18.7. The van der Waals surface area contributed by atoms with Crippen molar-refractivity contribution in [2.45, 2.75) is 63.1 Å². The van der Waals surface area contributed by atoms with E-state index in [2.05, 4.69) is 27.1 Å². The minimum Gasteiger partial charge on any atom is -0.616 e. The predicted molar refractivity (Wildman–Crippen MR) is 125 cm³/mol. The Hall–Kier alpha value is -1.12. The summed E-state index contributed by atoms with van der Waals surface area (Å²) < 4.78 is 19.8. The van der Waals surface area contributed by atoms with Gasteiger partial charge in [0.05, 0.1) is 12.9 Å². The zero-order chi connectivity index (χ0) is 22.0. The second-order valence-electron chi connectivity index (χ2n) is 9.02. The third-order valence-electron chi connectivity index (χ3n) is 6.74. The third kappa shape index (κ3) is 5.82. The van der Waals surface area contributed by atoms with Crippen LogP contribution in [0.1, 0.15) is 48.8 Å². The van der Waals surface area contributed by atoms with Crippen molar-refractivity contribution in [3.05, 3.63) is 46.5 Å². The largest absolute Gasteiger partial charge is 0.616 e. The monoisotopic (exact) mass is 464 g/mol. The molecule has 3 atom stereocenters. The quantitative estimate of drug-likeness (QED) is 0.612. The fourth-order valence-electron chi connectivity index (χ4n) is 4.98. The van der Waals surface area contributed by atoms with Crippen molar-refractivity contribution in [2.24, 2.45) is 7.05 Å². The molecule has 0 radical (unpaired) electrons. The molecule has 8 heteroatoms. The molecule has 31 heavy (non-hydrogen) atoms. The molecule has 2 fully saturated rings. The number of hydrogen-bond donors (Lipinski definition) is 0. The topological polar surface area (TPSA) is 66.2 Å². The lowest BCUT2D eigenvalue weighted by molar-refractivity contribution is -0.0756. The molecule has 3 unspecified atom stereocenters. The van der Waals surface area contributed by atoms with Gasteiger partial charge in [0, 0.05) is 36.6 Å². The highest BCUT2D eigenvalue weighted by atomic mass is 35.5. The molecule has 1 aromatic heterocycles. The molecular weight excluding hydrogens is 432 g/mol. The lowest BCUT2D eigenvalue weighted by Gasteiger charge is -2.46. The smallest absolute Gasteiger partial charge is 0.153 e. The van der Waals surface area contributed by atoms with Crippen LogP contribution in [0.15, 0.2) is 24.3 Å². The van der Waals surface area contributed by atoms with Crippen LogP contribution in [-0.4, -0.2) is 67.6 Å². The molecule has 1 aliphatic heterocycles. The van der Waals surface area contributed by atoms with E-state index in [9.17, 15) is 4.55 Å². The minimum atomic E-state index is -0.851. The molecule has 170 valence electrons. The fraction of sp³-hybridized carbons (Fsp3) is 0.652. The second-order valence-corrected chi connectivity index (χ2v) is 10.9. The molecular formula is C23H33ClN4O2S. The summed E-state index contributed by atoms with van der Waals surface area (Å²) in [4.78, 5) is 7.31. The van der Waals surface area contributed by atoms with Gasteiger partial charge in [-0.2, -0.15) is 5.10 Å². The van der Waals surface area contributed by atoms with Crippen LogP contribution < -0.4 is 0 Å². The van der Waals surface area contributed by atoms with E-state index < -0.39 is 11.2 Å². The Kier molecular flexibility index (Phi) is 7.60. The number of ether oxygens (including phenoxy) is 1. The van der Waals surface area contributed by atoms with E-state index in [1.807, 2.05) is 30.8 Å². The first kappa shape index (κ1) is 23.1. The van der Waals surface area contributed by atoms with E-state index in [1.54, 1.807) is 6.26 Å². The molecule has 4 rings (SSSR count). The van der Waals surface area contributed by atoms with Gasteiger partial charge in [-0.1, -0.05) is 34.9 Å². The van der Waals surface area contributed by atoms with Crippen molar-refractivity contribution in [1.82, 2.24) is 19.7 Å². The fourth-order valence-corrected chi connectivity index (χ4v) is 5.83. The Morgan fingerprint density at radius 3 is 2.52 bits per heavy atom. The van der Waals surface area contributed by atoms with E-state index in [0.29, 0.717) is 30.4 Å². The number of rotatable bonds is 6. The van der Waals surface area contributed by atoms with Gasteiger partial charge in [-0.3, -0.25) is 9.58 Å². The van der Waals surface area contributed by atoms with Crippen LogP contribution >= 0.6 is 11.6 Å². The van der Waals surface area contributed by atoms with Gasteiger partial charge >= 0.3 is 0 Å². The zero-order valence-corrected chi connectivity index (χ0v) is 20.2. The first-order valence-corrected chi connectivity index (χ1v) is 13.3. The molecule has 2 aromatic rings. The summed E-state index contributed by atoms with van der Waals surface area (Å²) in [7, 11) is 1.96. The number of morpholine rings is 1. The molecule has 0 N–H and O–H groups in total. The Bertz CT molecular complexity index is 832. The summed E-state index contributed by atoms with van der Waals surface area (Å²) in [5.74, 6) is 3.03. The lowest BCUT2D eigenvalue weighted by atomic mass is 9.83. The SMILES string of the molecule is Cc1nc(C2CCC(N3CC(C[S+](C)[O-])OCC3Cc3ccc(Cl)cc3)CC2)nn1C. The summed E-state index contributed by atoms with van der Waals surface area (Å²) >= 11 is 5.22. The van der Waals surface area contributed by atoms with Gasteiger partial charge in [0.2, 0.25) is 0 Å². The van der Waals surface area contributed by atoms with Gasteiger partial charge < -0.3 is 9.29 Å². The Morgan fingerprint density at radius 1 is 1.19 bits per heavy atom. The van der Waals surface area contributed by atoms with E-state index >= 15 is 0 Å². The summed E-state index contributed by atoms with van der Waals surface area (Å²) in [5, 5.41) is 5.39. The standard InChI is InChI=1S/C23H33ClN4O2S/c1-16-25-23(26-27(16)2)18-6-10-20(11-7-18)28-13-22(15-31(3)29)30-14-21(28)12-17-4-8-19(24)9-5-17/h4-5,8-9,18,20-22H,6-7,10-15H2,1-3H3. The van der Waals surface area contributed by atoms with Crippen LogP contribution in [0.2, 0.25) is 5.02 Å². The normalized spacial score (nSPS) is 28.5. The molecule has 1 saturated heterocycles. The van der Waals surface area contributed by atoms with E-state index in [0.717, 1.165) is 55.3 Å². The molecule has 1 aromatic carbocycles. The van der Waals surface area contributed by atoms with Crippen LogP contribution in [0.4, 0.5) is 0 Å². The summed E-state index contributed by atoms with van der Waals surface area (Å²) in [5.41, 5.74) is 1.28. The molecule has 0 bridgehead atoms. The van der Waals surface area contributed by atoms with E-state index in [4.69, 9.17) is 16.3 Å². The summed E-state index contributed by atoms with van der Waals surface area (Å²) in [6.45, 7) is 3.55. The van der Waals surface area contributed by atoms with E-state index in [1.165, 1.54) is 5.56 Å². The molecule has 1 aliphatic carbocycles. The Morgan fingerprint density at radius 2 is 1.90 bits per heavy atom. The number of aryl methyl sites for hydroxylation is 2. The van der Waals surface area contributed by atoms with Crippen molar-refractivity contribution < 1.29 is 9.29 Å². The van der Waals surface area contributed by atoms with Crippen molar-refractivity contribution >= 4 is 22.8 Å². The first-order chi connectivity index (χ1) is 14.9. The molecule has 2 heterocycles. The van der Waals surface area contributed by atoms with Crippen LogP contribution in [0.25, 0.3) is 0 Å². The maximum atomic E-state index is 11.8. The van der Waals surface area contributed by atoms with Gasteiger partial charge in [0.15, 0.2) is 5.82 Å². The maximum absolute atomic E-state index is 11.8.